The Bertz CT molecular complexity index is 87.0. The molecule has 6 heavy (non-hydrogen) atoms. The summed E-state index contributed by atoms with van der Waals surface area (Å²) >= 11 is 0. The van der Waals surface area contributed by atoms with E-state index in [0.717, 1.165) is 0 Å². The van der Waals surface area contributed by atoms with Crippen LogP contribution in [0.5, 0.6) is 0 Å². The highest BCUT2D eigenvalue weighted by molar-refractivity contribution is 5.93. The highest BCUT2D eigenvalue weighted by Gasteiger charge is 2.00. The largest absolute Gasteiger partial charge is 0.306 e. The summed E-state index contributed by atoms with van der Waals surface area (Å²) in [7, 11) is 0. The number of rotatable bonds is 0. The van der Waals surface area contributed by atoms with E-state index >= 15 is 0 Å². The molecule has 1 N–H and O–H groups in total. The minimum atomic E-state index is -0.0741. The molecule has 0 aliphatic carbocycles. The van der Waals surface area contributed by atoms with Crippen LogP contribution in [-0.2, 0) is 4.79 Å². The van der Waals surface area contributed by atoms with Gasteiger partial charge in [-0.15, -0.1) is 0 Å². The van der Waals surface area contributed by atoms with Crippen LogP contribution in [0.2, 0.25) is 0 Å². The van der Waals surface area contributed by atoms with Crippen molar-refractivity contribution in [3.05, 3.63) is 0 Å². The van der Waals surface area contributed by atoms with Gasteiger partial charge < -0.3 is 5.32 Å². The summed E-state index contributed by atoms with van der Waals surface area (Å²) in [4.78, 5) is 13.4. The molecule has 1 aliphatic heterocycles. The second kappa shape index (κ2) is 1.08. The zero-order chi connectivity index (χ0) is 4.41. The fourth-order valence-corrected chi connectivity index (χ4v) is 0.253. The molecule has 0 fully saturated rings. The number of nitrogens with zero attached hydrogens (tertiary/aromatic N) is 1. The number of carbonyl (C=O) groups is 1. The summed E-state index contributed by atoms with van der Waals surface area (Å²) in [6.45, 7) is 0.250. The minimum absolute atomic E-state index is 0.0741. The van der Waals surface area contributed by atoms with Gasteiger partial charge in [0.1, 0.15) is 6.54 Å². The molecule has 0 spiro atoms. The van der Waals surface area contributed by atoms with E-state index in [9.17, 15) is 4.79 Å². The SMILES string of the molecule is O=C1CN=[C]N1. The van der Waals surface area contributed by atoms with E-state index in [0.29, 0.717) is 0 Å². The van der Waals surface area contributed by atoms with Gasteiger partial charge in [0.2, 0.25) is 5.91 Å². The van der Waals surface area contributed by atoms with Gasteiger partial charge in [0.05, 0.1) is 0 Å². The molecule has 1 rings (SSSR count). The molecule has 0 atom stereocenters. The molecule has 0 saturated carbocycles. The van der Waals surface area contributed by atoms with Crippen LogP contribution in [0.3, 0.4) is 0 Å². The quantitative estimate of drug-likeness (QED) is 0.402. The maximum Gasteiger partial charge on any atom is 0.247 e. The standard InChI is InChI=1S/C3H3N2O/c6-3-1-4-2-5-3/h1H2,(H,4,5,6). The van der Waals surface area contributed by atoms with Gasteiger partial charge in [0.15, 0.2) is 6.34 Å². The lowest BCUT2D eigenvalue weighted by molar-refractivity contribution is -0.117. The molecule has 1 aliphatic rings. The smallest absolute Gasteiger partial charge is 0.247 e. The molecule has 3 heteroatoms. The Balaban J connectivity index is 2.52. The van der Waals surface area contributed by atoms with E-state index in [1.807, 2.05) is 0 Å². The number of nitrogens with one attached hydrogen (secondary N) is 1. The molecule has 0 saturated heterocycles. The molecule has 0 unspecified atom stereocenters. The molecule has 1 heterocycles. The van der Waals surface area contributed by atoms with Crippen LogP contribution >= 0.6 is 0 Å². The average molecular weight is 83.1 g/mol. The zero-order valence-corrected chi connectivity index (χ0v) is 3.06. The van der Waals surface area contributed by atoms with Crippen molar-refractivity contribution in [2.45, 2.75) is 0 Å². The predicted octanol–water partition coefficient (Wildman–Crippen LogP) is -0.978. The van der Waals surface area contributed by atoms with Crippen molar-refractivity contribution in [1.29, 1.82) is 0 Å². The van der Waals surface area contributed by atoms with Crippen LogP contribution in [0.15, 0.2) is 4.99 Å². The first-order valence-corrected chi connectivity index (χ1v) is 1.60. The van der Waals surface area contributed by atoms with E-state index in [-0.39, 0.29) is 12.5 Å². The van der Waals surface area contributed by atoms with Crippen LogP contribution in [0, 0.1) is 0 Å². The first-order chi connectivity index (χ1) is 2.89. The van der Waals surface area contributed by atoms with Gasteiger partial charge in [0.25, 0.3) is 0 Å². The van der Waals surface area contributed by atoms with Crippen molar-refractivity contribution in [2.24, 2.45) is 4.99 Å². The first-order valence-electron chi connectivity index (χ1n) is 1.60. The van der Waals surface area contributed by atoms with Crippen LogP contribution in [-0.4, -0.2) is 18.8 Å². The van der Waals surface area contributed by atoms with E-state index < -0.39 is 0 Å². The van der Waals surface area contributed by atoms with E-state index in [4.69, 9.17) is 0 Å². The van der Waals surface area contributed by atoms with E-state index in [1.165, 1.54) is 0 Å². The lowest BCUT2D eigenvalue weighted by Gasteiger charge is -1.75. The van der Waals surface area contributed by atoms with Gasteiger partial charge >= 0.3 is 0 Å². The Morgan fingerprint density at radius 2 is 2.83 bits per heavy atom. The summed E-state index contributed by atoms with van der Waals surface area (Å²) in [6.07, 6.45) is 2.30. The number of carbonyl (C=O) groups excluding carboxylic acids is 1. The second-order valence-corrected chi connectivity index (χ2v) is 0.976. The van der Waals surface area contributed by atoms with Crippen molar-refractivity contribution in [1.82, 2.24) is 5.32 Å². The summed E-state index contributed by atoms with van der Waals surface area (Å²) < 4.78 is 0. The molecule has 0 aromatic rings. The van der Waals surface area contributed by atoms with Crippen molar-refractivity contribution in [3.8, 4) is 0 Å². The second-order valence-electron chi connectivity index (χ2n) is 0.976. The summed E-state index contributed by atoms with van der Waals surface area (Å²) in [5, 5.41) is 2.26. The Labute approximate surface area is 35.1 Å². The number of hydrogen-bond donors (Lipinski definition) is 1. The Kier molecular flexibility index (Phi) is 0.602. The zero-order valence-electron chi connectivity index (χ0n) is 3.06. The monoisotopic (exact) mass is 83.0 g/mol. The molecule has 0 aromatic heterocycles. The van der Waals surface area contributed by atoms with Crippen LogP contribution < -0.4 is 5.32 Å². The normalized spacial score (nSPS) is 18.3. The number of hydrogen-bond acceptors (Lipinski definition) is 2. The maximum atomic E-state index is 9.98. The fourth-order valence-electron chi connectivity index (χ4n) is 0.253. The molecule has 0 bridgehead atoms. The summed E-state index contributed by atoms with van der Waals surface area (Å²) in [6, 6.07) is 0. The van der Waals surface area contributed by atoms with Gasteiger partial charge in [-0.3, -0.25) is 9.79 Å². The van der Waals surface area contributed by atoms with Gasteiger partial charge in [0, 0.05) is 0 Å². The van der Waals surface area contributed by atoms with Crippen LogP contribution in [0.25, 0.3) is 0 Å². The first kappa shape index (κ1) is 3.33. The van der Waals surface area contributed by atoms with Crippen LogP contribution in [0.4, 0.5) is 0 Å². The van der Waals surface area contributed by atoms with Crippen molar-refractivity contribution >= 4 is 12.2 Å². The minimum Gasteiger partial charge on any atom is -0.306 e. The number of aliphatic imine (C=N–C) groups is 1. The third-order valence-corrected chi connectivity index (χ3v) is 0.497. The van der Waals surface area contributed by atoms with Gasteiger partial charge in [-0.1, -0.05) is 0 Å². The molecular weight excluding hydrogens is 80.0 g/mol. The fraction of sp³-hybridized carbons (Fsp3) is 0.333. The molecule has 0 aromatic carbocycles. The summed E-state index contributed by atoms with van der Waals surface area (Å²) in [5.41, 5.74) is 0. The number of amides is 1. The molecule has 1 radical (unpaired) electrons. The highest BCUT2D eigenvalue weighted by atomic mass is 16.2. The van der Waals surface area contributed by atoms with Crippen molar-refractivity contribution < 1.29 is 4.79 Å². The van der Waals surface area contributed by atoms with E-state index in [2.05, 4.69) is 16.6 Å². The van der Waals surface area contributed by atoms with Crippen molar-refractivity contribution in [3.63, 3.8) is 0 Å². The highest BCUT2D eigenvalue weighted by Crippen LogP contribution is 1.73. The summed E-state index contributed by atoms with van der Waals surface area (Å²) in [5.74, 6) is -0.0741. The molecule has 1 amide bonds. The Morgan fingerprint density at radius 3 is 3.00 bits per heavy atom. The lowest BCUT2D eigenvalue weighted by Crippen LogP contribution is -2.15. The van der Waals surface area contributed by atoms with Crippen LogP contribution in [0.1, 0.15) is 0 Å². The van der Waals surface area contributed by atoms with E-state index in [1.54, 1.807) is 0 Å². The maximum absolute atomic E-state index is 9.98. The van der Waals surface area contributed by atoms with Gasteiger partial charge in [-0.25, -0.2) is 0 Å². The molecular formula is C3H3N2O. The Morgan fingerprint density at radius 1 is 2.00 bits per heavy atom. The van der Waals surface area contributed by atoms with Gasteiger partial charge in [-0.05, 0) is 0 Å². The predicted molar refractivity (Wildman–Crippen MR) is 20.4 cm³/mol. The third-order valence-electron chi connectivity index (χ3n) is 0.497. The van der Waals surface area contributed by atoms with Gasteiger partial charge in [-0.2, -0.15) is 0 Å². The lowest BCUT2D eigenvalue weighted by atomic mass is 10.7. The molecule has 3 nitrogen and oxygen atoms in total. The van der Waals surface area contributed by atoms with Crippen molar-refractivity contribution in [2.75, 3.05) is 6.54 Å². The third kappa shape index (κ3) is 0.381. The topological polar surface area (TPSA) is 41.5 Å². The Hall–Kier alpha value is -0.860. The molecule has 31 valence electrons. The average Bonchev–Trinajstić information content (AvgIpc) is 1.86.